The lowest BCUT2D eigenvalue weighted by atomic mass is 10.0. The summed E-state index contributed by atoms with van der Waals surface area (Å²) in [6.07, 6.45) is -0.00543. The fraction of sp³-hybridized carbons (Fsp3) is 0.304. The number of pyridine rings is 1. The zero-order valence-electron chi connectivity index (χ0n) is 21.0. The van der Waals surface area contributed by atoms with E-state index in [1.165, 1.54) is 30.6 Å². The molecule has 4 rings (SSSR count). The number of halogens is 4. The summed E-state index contributed by atoms with van der Waals surface area (Å²) in [6.45, 7) is -0.243. The van der Waals surface area contributed by atoms with Gasteiger partial charge in [-0.05, 0) is 18.2 Å². The number of anilines is 2. The van der Waals surface area contributed by atoms with Gasteiger partial charge in [-0.1, -0.05) is 0 Å². The highest BCUT2D eigenvalue weighted by Gasteiger charge is 2.30. The molecule has 1 saturated heterocycles. The normalized spacial score (nSPS) is 17.5. The molecule has 0 radical (unpaired) electrons. The van der Waals surface area contributed by atoms with E-state index in [1.54, 1.807) is 4.72 Å². The summed E-state index contributed by atoms with van der Waals surface area (Å²) < 4.78 is 89.8. The summed E-state index contributed by atoms with van der Waals surface area (Å²) >= 11 is 0. The van der Waals surface area contributed by atoms with Crippen LogP contribution in [0.3, 0.4) is 0 Å². The molecule has 3 aromatic rings. The van der Waals surface area contributed by atoms with Gasteiger partial charge in [-0.2, -0.15) is 17.1 Å². The van der Waals surface area contributed by atoms with Crippen LogP contribution in [-0.4, -0.2) is 83.2 Å². The maximum Gasteiger partial charge on any atom is 0.407 e. The number of carbonyl (C=O) groups is 1. The van der Waals surface area contributed by atoms with E-state index in [-0.39, 0.29) is 42.6 Å². The molecular formula is C23H23F4N7O5S. The van der Waals surface area contributed by atoms with Crippen molar-refractivity contribution in [3.8, 4) is 22.9 Å². The molecule has 214 valence electrons. The highest BCUT2D eigenvalue weighted by molar-refractivity contribution is 7.90. The van der Waals surface area contributed by atoms with Crippen molar-refractivity contribution in [2.75, 3.05) is 37.2 Å². The van der Waals surface area contributed by atoms with Crippen molar-refractivity contribution in [3.63, 3.8) is 0 Å². The van der Waals surface area contributed by atoms with Gasteiger partial charge in [0.15, 0.2) is 17.4 Å². The Morgan fingerprint density at radius 3 is 2.60 bits per heavy atom. The monoisotopic (exact) mass is 585 g/mol. The number of nitrogens with zero attached hydrogens (tertiary/aromatic N) is 5. The van der Waals surface area contributed by atoms with E-state index < -0.39 is 57.4 Å². The van der Waals surface area contributed by atoms with Gasteiger partial charge < -0.3 is 20.1 Å². The third kappa shape index (κ3) is 6.31. The molecule has 1 aliphatic heterocycles. The minimum atomic E-state index is -4.34. The van der Waals surface area contributed by atoms with Gasteiger partial charge in [-0.15, -0.1) is 0 Å². The number of rotatable bonds is 8. The molecule has 0 saturated carbocycles. The zero-order valence-corrected chi connectivity index (χ0v) is 21.8. The van der Waals surface area contributed by atoms with Gasteiger partial charge in [-0.3, -0.25) is 4.72 Å². The SMILES string of the molecule is CN(C)S(=O)(=O)Nc1c(F)cc(Oc2ncccc2-c2ccnc(N[C@H]3C[C@H](F)CN(C(=O)O)C3)n2)c(F)c1F. The fourth-order valence-corrected chi connectivity index (χ4v) is 4.42. The highest BCUT2D eigenvalue weighted by Crippen LogP contribution is 2.36. The Morgan fingerprint density at radius 1 is 1.15 bits per heavy atom. The van der Waals surface area contributed by atoms with Gasteiger partial charge in [0, 0.05) is 51.6 Å². The van der Waals surface area contributed by atoms with Crippen molar-refractivity contribution < 1.29 is 40.6 Å². The topological polar surface area (TPSA) is 150 Å². The number of benzene rings is 1. The number of alkyl halides is 1. The summed E-state index contributed by atoms with van der Waals surface area (Å²) in [5, 5.41) is 12.1. The largest absolute Gasteiger partial charge is 0.465 e. The Hall–Kier alpha value is -4.25. The smallest absolute Gasteiger partial charge is 0.407 e. The quantitative estimate of drug-likeness (QED) is 0.267. The van der Waals surface area contributed by atoms with E-state index in [9.17, 15) is 35.9 Å². The van der Waals surface area contributed by atoms with Crippen LogP contribution in [0.2, 0.25) is 0 Å². The van der Waals surface area contributed by atoms with E-state index in [1.807, 2.05) is 0 Å². The standard InChI is InChI=1S/C23H23F4N7O5S/c1-33(2)40(37,38)32-20-15(25)9-17(18(26)19(20)27)39-21-14(4-3-6-28-21)16-5-7-29-22(31-16)30-13-8-12(24)10-34(11-13)23(35)36/h3-7,9,12-13,32H,8,10-11H2,1-2H3,(H,35,36)(H,29,30,31)/t12-,13-/m0/s1. The average molecular weight is 586 g/mol. The molecule has 0 spiro atoms. The van der Waals surface area contributed by atoms with Crippen molar-refractivity contribution in [2.45, 2.75) is 18.6 Å². The van der Waals surface area contributed by atoms with E-state index in [0.29, 0.717) is 10.4 Å². The van der Waals surface area contributed by atoms with Crippen LogP contribution in [0, 0.1) is 17.5 Å². The molecule has 12 nitrogen and oxygen atoms in total. The van der Waals surface area contributed by atoms with E-state index in [0.717, 1.165) is 19.0 Å². The number of carboxylic acid groups (broad SMARTS) is 1. The third-order valence-electron chi connectivity index (χ3n) is 5.75. The number of nitrogens with one attached hydrogen (secondary N) is 2. The highest BCUT2D eigenvalue weighted by atomic mass is 32.2. The second-order valence-electron chi connectivity index (χ2n) is 8.83. The van der Waals surface area contributed by atoms with Gasteiger partial charge >= 0.3 is 16.3 Å². The van der Waals surface area contributed by atoms with Crippen LogP contribution in [-0.2, 0) is 10.2 Å². The molecule has 1 aliphatic rings. The maximum atomic E-state index is 14.8. The first-order valence-electron chi connectivity index (χ1n) is 11.6. The van der Waals surface area contributed by atoms with Gasteiger partial charge in [0.2, 0.25) is 17.6 Å². The average Bonchev–Trinajstić information content (AvgIpc) is 2.89. The molecule has 2 aromatic heterocycles. The molecule has 40 heavy (non-hydrogen) atoms. The van der Waals surface area contributed by atoms with Crippen molar-refractivity contribution >= 4 is 27.9 Å². The van der Waals surface area contributed by atoms with Gasteiger partial charge in [0.1, 0.15) is 11.9 Å². The Labute approximate surface area is 225 Å². The van der Waals surface area contributed by atoms with Gasteiger partial charge in [0.05, 0.1) is 17.8 Å². The van der Waals surface area contributed by atoms with Crippen molar-refractivity contribution in [1.29, 1.82) is 0 Å². The van der Waals surface area contributed by atoms with Crippen LogP contribution >= 0.6 is 0 Å². The molecular weight excluding hydrogens is 562 g/mol. The molecule has 1 aromatic carbocycles. The summed E-state index contributed by atoms with van der Waals surface area (Å²) in [5.41, 5.74) is -0.893. The van der Waals surface area contributed by atoms with Crippen molar-refractivity contribution in [1.82, 2.24) is 24.2 Å². The Morgan fingerprint density at radius 2 is 1.90 bits per heavy atom. The predicted molar refractivity (Wildman–Crippen MR) is 134 cm³/mol. The minimum Gasteiger partial charge on any atom is -0.465 e. The number of aromatic nitrogens is 3. The number of hydrogen-bond acceptors (Lipinski definition) is 8. The van der Waals surface area contributed by atoms with Crippen LogP contribution in [0.25, 0.3) is 11.3 Å². The van der Waals surface area contributed by atoms with Crippen molar-refractivity contribution in [2.24, 2.45) is 0 Å². The lowest BCUT2D eigenvalue weighted by molar-refractivity contribution is 0.102. The predicted octanol–water partition coefficient (Wildman–Crippen LogP) is 3.47. The molecule has 0 unspecified atom stereocenters. The summed E-state index contributed by atoms with van der Waals surface area (Å²) in [4.78, 5) is 24.6. The molecule has 3 heterocycles. The Bertz CT molecular complexity index is 1530. The Balaban J connectivity index is 1.60. The number of hydrogen-bond donors (Lipinski definition) is 3. The molecule has 2 atom stereocenters. The zero-order chi connectivity index (χ0) is 29.2. The molecule has 3 N–H and O–H groups in total. The first-order chi connectivity index (χ1) is 18.9. The number of ether oxygens (including phenoxy) is 1. The first kappa shape index (κ1) is 28.8. The molecule has 1 fully saturated rings. The summed E-state index contributed by atoms with van der Waals surface area (Å²) in [7, 11) is -2.12. The van der Waals surface area contributed by atoms with Gasteiger partial charge in [0.25, 0.3) is 0 Å². The van der Waals surface area contributed by atoms with E-state index >= 15 is 0 Å². The van der Waals surface area contributed by atoms with Crippen LogP contribution in [0.5, 0.6) is 11.6 Å². The number of likely N-dealkylation sites (tertiary alicyclic amines) is 1. The van der Waals surface area contributed by atoms with Crippen LogP contribution in [0.1, 0.15) is 6.42 Å². The lowest BCUT2D eigenvalue weighted by Crippen LogP contribution is -2.49. The minimum absolute atomic E-state index is 0.00168. The second-order valence-corrected chi connectivity index (χ2v) is 10.7. The number of piperidine rings is 1. The van der Waals surface area contributed by atoms with E-state index in [4.69, 9.17) is 4.74 Å². The van der Waals surface area contributed by atoms with Crippen LogP contribution in [0.15, 0.2) is 36.7 Å². The van der Waals surface area contributed by atoms with Crippen LogP contribution in [0.4, 0.5) is 34.0 Å². The second kappa shape index (κ2) is 11.5. The Kier molecular flexibility index (Phi) is 8.24. The van der Waals surface area contributed by atoms with E-state index in [2.05, 4.69) is 20.3 Å². The molecule has 0 bridgehead atoms. The van der Waals surface area contributed by atoms with Gasteiger partial charge in [-0.25, -0.2) is 32.9 Å². The molecule has 17 heteroatoms. The fourth-order valence-electron chi connectivity index (χ4n) is 3.79. The lowest BCUT2D eigenvalue weighted by Gasteiger charge is -2.33. The summed E-state index contributed by atoms with van der Waals surface area (Å²) in [6, 6.07) is 4.25. The third-order valence-corrected chi connectivity index (χ3v) is 7.17. The first-order valence-corrected chi connectivity index (χ1v) is 13.0. The number of amides is 1. The maximum absolute atomic E-state index is 14.8. The van der Waals surface area contributed by atoms with Crippen molar-refractivity contribution in [3.05, 3.63) is 54.1 Å². The summed E-state index contributed by atoms with van der Waals surface area (Å²) in [5.74, 6) is -6.15. The van der Waals surface area contributed by atoms with Crippen LogP contribution < -0.4 is 14.8 Å². The molecule has 1 amide bonds. The molecule has 0 aliphatic carbocycles.